The summed E-state index contributed by atoms with van der Waals surface area (Å²) in [6.07, 6.45) is 5.10. The maximum absolute atomic E-state index is 13.5. The zero-order chi connectivity index (χ0) is 29.6. The van der Waals surface area contributed by atoms with Gasteiger partial charge in [0.25, 0.3) is 5.56 Å². The second kappa shape index (κ2) is 13.5. The molecule has 0 aliphatic carbocycles. The number of nitrogens with zero attached hydrogens (tertiary/aromatic N) is 6. The Morgan fingerprint density at radius 3 is 2.38 bits per heavy atom. The Labute approximate surface area is 256 Å². The Morgan fingerprint density at radius 1 is 1.00 bits per heavy atom. The van der Waals surface area contributed by atoms with Crippen LogP contribution in [0.4, 0.5) is 10.1 Å². The van der Waals surface area contributed by atoms with Crippen molar-refractivity contribution in [2.75, 3.05) is 38.2 Å². The summed E-state index contributed by atoms with van der Waals surface area (Å²) in [4.78, 5) is 43.0. The fourth-order valence-electron chi connectivity index (χ4n) is 4.50. The molecule has 9 nitrogen and oxygen atoms in total. The Hall–Kier alpha value is -3.67. The number of hydrogen-bond donors (Lipinski definition) is 0. The average Bonchev–Trinajstić information content (AvgIpc) is 3.00. The molecular weight excluding hydrogens is 602 g/mol. The number of hydrogen-bond acceptors (Lipinski definition) is 8. The SMILES string of the molecule is COc1ncc(Cc2cn(CC(=O)N3CCN(c4ccc(Cl)c(Cl)c4)CC3)c(SCc3ccc(F)cc3)nc2=O)cn1. The number of rotatable bonds is 9. The minimum absolute atomic E-state index is 0.0118. The molecule has 1 fully saturated rings. The summed E-state index contributed by atoms with van der Waals surface area (Å²) in [5.41, 5.74) is 2.54. The summed E-state index contributed by atoms with van der Waals surface area (Å²) in [5, 5.41) is 1.39. The Balaban J connectivity index is 1.32. The van der Waals surface area contributed by atoms with Crippen LogP contribution < -0.4 is 15.2 Å². The largest absolute Gasteiger partial charge is 0.467 e. The number of aromatic nitrogens is 4. The number of carbonyl (C=O) groups is 1. The number of piperazine rings is 1. The molecule has 2 aromatic heterocycles. The lowest BCUT2D eigenvalue weighted by molar-refractivity contribution is -0.132. The van der Waals surface area contributed by atoms with E-state index in [0.29, 0.717) is 58.3 Å². The van der Waals surface area contributed by atoms with Crippen LogP contribution in [0.3, 0.4) is 0 Å². The summed E-state index contributed by atoms with van der Waals surface area (Å²) in [5.74, 6) is 0.0432. The topological polar surface area (TPSA) is 93.5 Å². The van der Waals surface area contributed by atoms with Crippen molar-refractivity contribution in [3.63, 3.8) is 0 Å². The molecule has 1 aliphatic rings. The van der Waals surface area contributed by atoms with Gasteiger partial charge in [0.05, 0.1) is 17.2 Å². The normalized spacial score (nSPS) is 13.3. The Bertz CT molecular complexity index is 1610. The molecular formula is C29H27Cl2FN6O3S. The van der Waals surface area contributed by atoms with Gasteiger partial charge < -0.3 is 19.1 Å². The molecule has 1 aliphatic heterocycles. The highest BCUT2D eigenvalue weighted by Crippen LogP contribution is 2.28. The molecule has 0 radical (unpaired) electrons. The molecule has 1 saturated heterocycles. The maximum atomic E-state index is 13.5. The number of halogens is 3. The van der Waals surface area contributed by atoms with Gasteiger partial charge in [-0.1, -0.05) is 47.1 Å². The lowest BCUT2D eigenvalue weighted by Gasteiger charge is -2.36. The van der Waals surface area contributed by atoms with E-state index in [9.17, 15) is 14.0 Å². The zero-order valence-corrected chi connectivity index (χ0v) is 25.0. The van der Waals surface area contributed by atoms with Gasteiger partial charge in [-0.25, -0.2) is 14.4 Å². The first-order chi connectivity index (χ1) is 20.3. The number of methoxy groups -OCH3 is 1. The molecule has 5 rings (SSSR count). The van der Waals surface area contributed by atoms with Gasteiger partial charge in [0, 0.05) is 68.2 Å². The van der Waals surface area contributed by atoms with Crippen molar-refractivity contribution < 1.29 is 13.9 Å². The highest BCUT2D eigenvalue weighted by Gasteiger charge is 2.23. The molecule has 1 amide bonds. The highest BCUT2D eigenvalue weighted by molar-refractivity contribution is 7.98. The van der Waals surface area contributed by atoms with Gasteiger partial charge in [0.2, 0.25) is 5.91 Å². The molecule has 0 saturated carbocycles. The summed E-state index contributed by atoms with van der Waals surface area (Å²) in [6.45, 7) is 2.35. The van der Waals surface area contributed by atoms with Crippen LogP contribution in [0.2, 0.25) is 10.0 Å². The van der Waals surface area contributed by atoms with E-state index in [-0.39, 0.29) is 30.7 Å². The van der Waals surface area contributed by atoms with Crippen molar-refractivity contribution in [1.29, 1.82) is 0 Å². The molecule has 0 atom stereocenters. The van der Waals surface area contributed by atoms with Crippen molar-refractivity contribution in [2.45, 2.75) is 23.9 Å². The van der Waals surface area contributed by atoms with Gasteiger partial charge in [-0.3, -0.25) is 9.59 Å². The quantitative estimate of drug-likeness (QED) is 0.194. The van der Waals surface area contributed by atoms with E-state index < -0.39 is 5.56 Å². The Kier molecular flexibility index (Phi) is 9.61. The van der Waals surface area contributed by atoms with E-state index in [1.807, 2.05) is 12.1 Å². The van der Waals surface area contributed by atoms with Crippen LogP contribution in [-0.4, -0.2) is 63.6 Å². The molecule has 218 valence electrons. The van der Waals surface area contributed by atoms with Crippen molar-refractivity contribution >= 4 is 46.6 Å². The Morgan fingerprint density at radius 2 is 1.71 bits per heavy atom. The third-order valence-electron chi connectivity index (χ3n) is 6.78. The second-order valence-corrected chi connectivity index (χ2v) is 11.4. The van der Waals surface area contributed by atoms with Crippen molar-refractivity contribution in [3.8, 4) is 6.01 Å². The fraction of sp³-hybridized carbons (Fsp3) is 0.276. The van der Waals surface area contributed by atoms with Crippen LogP contribution in [0.1, 0.15) is 16.7 Å². The van der Waals surface area contributed by atoms with Gasteiger partial charge in [-0.2, -0.15) is 4.98 Å². The van der Waals surface area contributed by atoms with E-state index >= 15 is 0 Å². The van der Waals surface area contributed by atoms with Crippen molar-refractivity contribution in [2.24, 2.45) is 0 Å². The molecule has 0 spiro atoms. The standard InChI is InChI=1S/C29H27Cl2FN6O3S/c1-41-28-33-14-20(15-34-28)12-21-16-38(29(35-27(21)40)42-18-19-2-4-22(32)5-3-19)17-26(39)37-10-8-36(9-11-37)23-6-7-24(30)25(31)13-23/h2-7,13-16H,8-12,17-18H2,1H3. The molecule has 3 heterocycles. The number of carbonyl (C=O) groups excluding carboxylic acids is 1. The van der Waals surface area contributed by atoms with Crippen LogP contribution in [0.5, 0.6) is 6.01 Å². The van der Waals surface area contributed by atoms with Gasteiger partial charge in [-0.05, 0) is 41.5 Å². The van der Waals surface area contributed by atoms with Crippen LogP contribution in [-0.2, 0) is 23.5 Å². The van der Waals surface area contributed by atoms with Crippen molar-refractivity contribution in [1.82, 2.24) is 24.4 Å². The van der Waals surface area contributed by atoms with E-state index in [2.05, 4.69) is 19.9 Å². The fourth-order valence-corrected chi connectivity index (χ4v) is 5.71. The van der Waals surface area contributed by atoms with E-state index in [4.69, 9.17) is 27.9 Å². The molecule has 13 heteroatoms. The average molecular weight is 630 g/mol. The molecule has 0 bridgehead atoms. The molecule has 2 aromatic carbocycles. The molecule has 42 heavy (non-hydrogen) atoms. The zero-order valence-electron chi connectivity index (χ0n) is 22.7. The van der Waals surface area contributed by atoms with Gasteiger partial charge in [0.1, 0.15) is 12.4 Å². The van der Waals surface area contributed by atoms with Crippen LogP contribution in [0, 0.1) is 5.82 Å². The number of ether oxygens (including phenoxy) is 1. The monoisotopic (exact) mass is 628 g/mol. The lowest BCUT2D eigenvalue weighted by Crippen LogP contribution is -2.49. The number of thioether (sulfide) groups is 1. The first kappa shape index (κ1) is 29.8. The lowest BCUT2D eigenvalue weighted by atomic mass is 10.1. The predicted octanol–water partition coefficient (Wildman–Crippen LogP) is 4.72. The van der Waals surface area contributed by atoms with Crippen molar-refractivity contribution in [3.05, 3.63) is 104 Å². The highest BCUT2D eigenvalue weighted by atomic mass is 35.5. The smallest absolute Gasteiger partial charge is 0.316 e. The van der Waals surface area contributed by atoms with Crippen LogP contribution in [0.25, 0.3) is 0 Å². The van der Waals surface area contributed by atoms with Crippen LogP contribution in [0.15, 0.2) is 71.0 Å². The third-order valence-corrected chi connectivity index (χ3v) is 8.58. The minimum atomic E-state index is -0.397. The van der Waals surface area contributed by atoms with Gasteiger partial charge in [0.15, 0.2) is 5.16 Å². The van der Waals surface area contributed by atoms with E-state index in [1.54, 1.807) is 46.3 Å². The first-order valence-corrected chi connectivity index (χ1v) is 14.8. The number of anilines is 1. The third kappa shape index (κ3) is 7.39. The summed E-state index contributed by atoms with van der Waals surface area (Å²) in [7, 11) is 1.48. The van der Waals surface area contributed by atoms with Crippen LogP contribution >= 0.6 is 35.0 Å². The first-order valence-electron chi connectivity index (χ1n) is 13.1. The minimum Gasteiger partial charge on any atom is -0.467 e. The van der Waals surface area contributed by atoms with E-state index in [0.717, 1.165) is 11.3 Å². The summed E-state index contributed by atoms with van der Waals surface area (Å²) < 4.78 is 20.1. The number of benzene rings is 2. The molecule has 4 aromatic rings. The number of amides is 1. The molecule has 0 N–H and O–H groups in total. The predicted molar refractivity (Wildman–Crippen MR) is 161 cm³/mol. The van der Waals surface area contributed by atoms with Gasteiger partial charge in [-0.15, -0.1) is 0 Å². The summed E-state index contributed by atoms with van der Waals surface area (Å²) in [6, 6.07) is 11.9. The molecule has 0 unspecified atom stereocenters. The summed E-state index contributed by atoms with van der Waals surface area (Å²) >= 11 is 13.6. The van der Waals surface area contributed by atoms with E-state index in [1.165, 1.54) is 31.0 Å². The maximum Gasteiger partial charge on any atom is 0.316 e. The second-order valence-electron chi connectivity index (χ2n) is 9.62. The van der Waals surface area contributed by atoms with Gasteiger partial charge >= 0.3 is 6.01 Å².